The van der Waals surface area contributed by atoms with Gasteiger partial charge in [0.2, 0.25) is 5.78 Å². The smallest absolute Gasteiger partial charge is 0.200 e. The molecule has 104 valence electrons. The second-order valence-corrected chi connectivity index (χ2v) is 4.77. The molecule has 3 heteroatoms. The number of carbonyl (C=O) groups is 1. The number of hydrogen-bond acceptors (Lipinski definition) is 3. The second kappa shape index (κ2) is 6.24. The van der Waals surface area contributed by atoms with Crippen LogP contribution < -0.4 is 0 Å². The van der Waals surface area contributed by atoms with E-state index in [9.17, 15) is 15.0 Å². The lowest BCUT2D eigenvalue weighted by Gasteiger charge is -2.11. The predicted molar refractivity (Wildman–Crippen MR) is 78.3 cm³/mol. The van der Waals surface area contributed by atoms with Gasteiger partial charge in [-0.25, -0.2) is 0 Å². The molecular weight excluding hydrogens is 252 g/mol. The van der Waals surface area contributed by atoms with Gasteiger partial charge < -0.3 is 10.2 Å². The fourth-order valence-electron chi connectivity index (χ4n) is 2.15. The Labute approximate surface area is 118 Å². The molecule has 3 nitrogen and oxygen atoms in total. The Bertz CT molecular complexity index is 603. The highest BCUT2D eigenvalue weighted by atomic mass is 16.3. The largest absolute Gasteiger partial charge is 0.507 e. The van der Waals surface area contributed by atoms with Gasteiger partial charge in [-0.15, -0.1) is 0 Å². The van der Waals surface area contributed by atoms with Crippen LogP contribution in [0.1, 0.15) is 41.3 Å². The van der Waals surface area contributed by atoms with Gasteiger partial charge >= 0.3 is 0 Å². The number of phenols is 2. The van der Waals surface area contributed by atoms with E-state index in [0.29, 0.717) is 17.5 Å². The van der Waals surface area contributed by atoms with Gasteiger partial charge in [-0.05, 0) is 24.5 Å². The minimum Gasteiger partial charge on any atom is -0.507 e. The van der Waals surface area contributed by atoms with Gasteiger partial charge in [0.25, 0.3) is 0 Å². The minimum atomic E-state index is -0.362. The molecule has 2 N–H and O–H groups in total. The number of aryl methyl sites for hydroxylation is 1. The Balaban J connectivity index is 2.43. The van der Waals surface area contributed by atoms with Gasteiger partial charge in [-0.1, -0.05) is 49.7 Å². The van der Waals surface area contributed by atoms with Crippen LogP contribution in [0.3, 0.4) is 0 Å². The van der Waals surface area contributed by atoms with Crippen molar-refractivity contribution in [1.29, 1.82) is 0 Å². The summed E-state index contributed by atoms with van der Waals surface area (Å²) in [5.74, 6) is -0.650. The van der Waals surface area contributed by atoms with E-state index in [1.807, 2.05) is 6.07 Å². The predicted octanol–water partition coefficient (Wildman–Crippen LogP) is 3.67. The molecule has 2 rings (SSSR count). The number of phenolic OH excluding ortho intramolecular Hbond substituents is 2. The standard InChI is InChI=1S/C17H18O3/c1-2-3-7-13-10-11-14(18)15(17(13)20)16(19)12-8-5-4-6-9-12/h4-6,8-11,18,20H,2-3,7H2,1H3. The summed E-state index contributed by atoms with van der Waals surface area (Å²) in [4.78, 5) is 12.4. The Morgan fingerprint density at radius 2 is 1.75 bits per heavy atom. The average Bonchev–Trinajstić information content (AvgIpc) is 2.47. The molecule has 0 saturated heterocycles. The zero-order valence-electron chi connectivity index (χ0n) is 11.5. The molecule has 2 aromatic carbocycles. The molecule has 0 aromatic heterocycles. The Morgan fingerprint density at radius 3 is 2.40 bits per heavy atom. The van der Waals surface area contributed by atoms with E-state index in [0.717, 1.165) is 12.8 Å². The van der Waals surface area contributed by atoms with Gasteiger partial charge in [0, 0.05) is 5.56 Å². The first-order valence-electron chi connectivity index (χ1n) is 6.78. The monoisotopic (exact) mass is 270 g/mol. The first kappa shape index (κ1) is 14.1. The first-order valence-corrected chi connectivity index (χ1v) is 6.78. The lowest BCUT2D eigenvalue weighted by Crippen LogP contribution is -2.03. The number of hydrogen-bond donors (Lipinski definition) is 2. The zero-order valence-corrected chi connectivity index (χ0v) is 11.5. The maximum absolute atomic E-state index is 12.4. The molecule has 0 unspecified atom stereocenters. The molecule has 0 heterocycles. The van der Waals surface area contributed by atoms with E-state index in [4.69, 9.17) is 0 Å². The summed E-state index contributed by atoms with van der Waals surface area (Å²) in [6.07, 6.45) is 2.62. The quantitative estimate of drug-likeness (QED) is 0.815. The van der Waals surface area contributed by atoms with Crippen LogP contribution in [0.4, 0.5) is 0 Å². The van der Waals surface area contributed by atoms with Gasteiger partial charge in [0.05, 0.1) is 0 Å². The van der Waals surface area contributed by atoms with Crippen LogP contribution in [0.5, 0.6) is 11.5 Å². The summed E-state index contributed by atoms with van der Waals surface area (Å²) in [5, 5.41) is 20.1. The van der Waals surface area contributed by atoms with Crippen molar-refractivity contribution in [2.75, 3.05) is 0 Å². The lowest BCUT2D eigenvalue weighted by molar-refractivity contribution is 0.103. The van der Waals surface area contributed by atoms with E-state index in [1.54, 1.807) is 30.3 Å². The maximum atomic E-state index is 12.4. The molecule has 0 aliphatic rings. The molecule has 0 bridgehead atoms. The second-order valence-electron chi connectivity index (χ2n) is 4.77. The number of carbonyl (C=O) groups excluding carboxylic acids is 1. The summed E-state index contributed by atoms with van der Waals surface area (Å²) < 4.78 is 0. The van der Waals surface area contributed by atoms with Crippen molar-refractivity contribution in [1.82, 2.24) is 0 Å². The van der Waals surface area contributed by atoms with Crippen LogP contribution >= 0.6 is 0 Å². The third-order valence-corrected chi connectivity index (χ3v) is 3.30. The summed E-state index contributed by atoms with van der Waals surface area (Å²) in [7, 11) is 0. The van der Waals surface area contributed by atoms with Crippen LogP contribution in [0.15, 0.2) is 42.5 Å². The van der Waals surface area contributed by atoms with Crippen molar-refractivity contribution in [3.63, 3.8) is 0 Å². The zero-order chi connectivity index (χ0) is 14.5. The maximum Gasteiger partial charge on any atom is 0.200 e. The molecule has 0 aliphatic heterocycles. The highest BCUT2D eigenvalue weighted by Crippen LogP contribution is 2.33. The Morgan fingerprint density at radius 1 is 1.05 bits per heavy atom. The van der Waals surface area contributed by atoms with E-state index >= 15 is 0 Å². The van der Waals surface area contributed by atoms with Crippen molar-refractivity contribution in [2.24, 2.45) is 0 Å². The van der Waals surface area contributed by atoms with Gasteiger partial charge in [-0.3, -0.25) is 4.79 Å². The summed E-state index contributed by atoms with van der Waals surface area (Å²) >= 11 is 0. The average molecular weight is 270 g/mol. The number of rotatable bonds is 5. The van der Waals surface area contributed by atoms with Gasteiger partial charge in [-0.2, -0.15) is 0 Å². The number of benzene rings is 2. The Hall–Kier alpha value is -2.29. The molecule has 0 radical (unpaired) electrons. The van der Waals surface area contributed by atoms with Crippen molar-refractivity contribution in [2.45, 2.75) is 26.2 Å². The normalized spacial score (nSPS) is 10.4. The first-order chi connectivity index (χ1) is 9.65. The van der Waals surface area contributed by atoms with Crippen LogP contribution in [0.2, 0.25) is 0 Å². The topological polar surface area (TPSA) is 57.5 Å². The fraction of sp³-hybridized carbons (Fsp3) is 0.235. The number of ketones is 1. The summed E-state index contributed by atoms with van der Waals surface area (Å²) in [6, 6.07) is 11.8. The van der Waals surface area contributed by atoms with Gasteiger partial charge in [0.15, 0.2) is 0 Å². The lowest BCUT2D eigenvalue weighted by atomic mass is 9.97. The van der Waals surface area contributed by atoms with E-state index in [-0.39, 0.29) is 22.8 Å². The summed E-state index contributed by atoms with van der Waals surface area (Å²) in [5.41, 5.74) is 1.14. The van der Waals surface area contributed by atoms with Crippen molar-refractivity contribution in [3.8, 4) is 11.5 Å². The van der Waals surface area contributed by atoms with Crippen LogP contribution in [-0.2, 0) is 6.42 Å². The minimum absolute atomic E-state index is 0.00944. The molecule has 2 aromatic rings. The van der Waals surface area contributed by atoms with Crippen LogP contribution in [-0.4, -0.2) is 16.0 Å². The molecule has 20 heavy (non-hydrogen) atoms. The third kappa shape index (κ3) is 2.82. The summed E-state index contributed by atoms with van der Waals surface area (Å²) in [6.45, 7) is 2.06. The number of unbranched alkanes of at least 4 members (excludes halogenated alkanes) is 1. The fourth-order valence-corrected chi connectivity index (χ4v) is 2.15. The van der Waals surface area contributed by atoms with E-state index in [1.165, 1.54) is 6.07 Å². The van der Waals surface area contributed by atoms with Crippen molar-refractivity contribution in [3.05, 3.63) is 59.2 Å². The van der Waals surface area contributed by atoms with E-state index < -0.39 is 0 Å². The molecule has 0 spiro atoms. The molecule has 0 fully saturated rings. The Kier molecular flexibility index (Phi) is 4.41. The van der Waals surface area contributed by atoms with Crippen LogP contribution in [0, 0.1) is 0 Å². The molecule has 0 amide bonds. The van der Waals surface area contributed by atoms with Crippen molar-refractivity contribution < 1.29 is 15.0 Å². The SMILES string of the molecule is CCCCc1ccc(O)c(C(=O)c2ccccc2)c1O. The highest BCUT2D eigenvalue weighted by Gasteiger charge is 2.20. The molecule has 0 saturated carbocycles. The highest BCUT2D eigenvalue weighted by molar-refractivity contribution is 6.12. The molecule has 0 atom stereocenters. The van der Waals surface area contributed by atoms with Gasteiger partial charge in [0.1, 0.15) is 17.1 Å². The van der Waals surface area contributed by atoms with Crippen LogP contribution in [0.25, 0.3) is 0 Å². The molecular formula is C17H18O3. The molecule has 0 aliphatic carbocycles. The van der Waals surface area contributed by atoms with E-state index in [2.05, 4.69) is 6.92 Å². The number of aromatic hydroxyl groups is 2. The van der Waals surface area contributed by atoms with Crippen molar-refractivity contribution >= 4 is 5.78 Å². The third-order valence-electron chi connectivity index (χ3n) is 3.30.